The highest BCUT2D eigenvalue weighted by molar-refractivity contribution is 5.70. The summed E-state index contributed by atoms with van der Waals surface area (Å²) in [7, 11) is 0. The van der Waals surface area contributed by atoms with Crippen LogP contribution in [0.25, 0.3) is 5.65 Å². The summed E-state index contributed by atoms with van der Waals surface area (Å²) in [5.41, 5.74) is 4.37. The van der Waals surface area contributed by atoms with Gasteiger partial charge in [0.25, 0.3) is 0 Å². The number of pyridine rings is 1. The second-order valence-corrected chi connectivity index (χ2v) is 5.36. The van der Waals surface area contributed by atoms with Crippen molar-refractivity contribution in [3.8, 4) is 0 Å². The number of aryl methyl sites for hydroxylation is 1. The molecular formula is C15H16N6. The third-order valence-corrected chi connectivity index (χ3v) is 4.06. The molecule has 4 heterocycles. The molecule has 1 aliphatic rings. The average molecular weight is 280 g/mol. The van der Waals surface area contributed by atoms with Crippen LogP contribution in [0, 0.1) is 0 Å². The summed E-state index contributed by atoms with van der Waals surface area (Å²) in [5.74, 6) is 0.564. The van der Waals surface area contributed by atoms with E-state index in [1.165, 1.54) is 5.56 Å². The van der Waals surface area contributed by atoms with Gasteiger partial charge >= 0.3 is 0 Å². The highest BCUT2D eigenvalue weighted by atomic mass is 15.4. The molecule has 1 aliphatic heterocycles. The summed E-state index contributed by atoms with van der Waals surface area (Å²) < 4.78 is 1.77. The Morgan fingerprint density at radius 2 is 2.05 bits per heavy atom. The Kier molecular flexibility index (Phi) is 2.80. The number of hydrogen-bond donors (Lipinski definition) is 0. The highest BCUT2D eigenvalue weighted by Gasteiger charge is 2.30. The average Bonchev–Trinajstić information content (AvgIpc) is 2.95. The molecule has 0 aromatic carbocycles. The van der Waals surface area contributed by atoms with Crippen molar-refractivity contribution in [2.24, 2.45) is 0 Å². The largest absolute Gasteiger partial charge is 0.367 e. The van der Waals surface area contributed by atoms with Crippen LogP contribution in [-0.4, -0.2) is 37.9 Å². The highest BCUT2D eigenvalue weighted by Crippen LogP contribution is 2.33. The van der Waals surface area contributed by atoms with E-state index in [0.717, 1.165) is 36.5 Å². The minimum atomic E-state index is 0.564. The molecule has 6 nitrogen and oxygen atoms in total. The first-order valence-electron chi connectivity index (χ1n) is 7.20. The molecule has 0 N–H and O–H groups in total. The van der Waals surface area contributed by atoms with Crippen molar-refractivity contribution >= 4 is 11.3 Å². The van der Waals surface area contributed by atoms with Crippen LogP contribution in [0.5, 0.6) is 0 Å². The Hall–Kier alpha value is -2.50. The Labute approximate surface area is 122 Å². The molecule has 0 saturated carbocycles. The lowest BCUT2D eigenvalue weighted by atomic mass is 9.92. The maximum Gasteiger partial charge on any atom is 0.200 e. The van der Waals surface area contributed by atoms with E-state index in [2.05, 4.69) is 50.3 Å². The molecule has 4 rings (SSSR count). The standard InChI is InChI=1S/C15H16N6/c1-2-13-7-14(15-18-17-10-21(15)19-13)20-8-12(9-20)11-3-5-16-6-4-11/h3-7,10,12H,2,8-9H2,1H3. The number of anilines is 1. The van der Waals surface area contributed by atoms with Crippen molar-refractivity contribution in [2.75, 3.05) is 18.0 Å². The second kappa shape index (κ2) is 4.80. The minimum Gasteiger partial charge on any atom is -0.367 e. The zero-order valence-electron chi connectivity index (χ0n) is 11.8. The molecule has 3 aromatic rings. The summed E-state index contributed by atoms with van der Waals surface area (Å²) >= 11 is 0. The van der Waals surface area contributed by atoms with E-state index >= 15 is 0 Å². The molecule has 0 amide bonds. The van der Waals surface area contributed by atoms with Crippen molar-refractivity contribution in [3.63, 3.8) is 0 Å². The van der Waals surface area contributed by atoms with Crippen molar-refractivity contribution in [3.05, 3.63) is 48.2 Å². The number of hydrogen-bond acceptors (Lipinski definition) is 5. The second-order valence-electron chi connectivity index (χ2n) is 5.36. The molecule has 0 radical (unpaired) electrons. The molecule has 1 fully saturated rings. The predicted octanol–water partition coefficient (Wildman–Crippen LogP) is 1.69. The van der Waals surface area contributed by atoms with Crippen LogP contribution in [0.4, 0.5) is 5.69 Å². The summed E-state index contributed by atoms with van der Waals surface area (Å²) in [6.07, 6.45) is 6.29. The van der Waals surface area contributed by atoms with Crippen LogP contribution in [-0.2, 0) is 6.42 Å². The molecule has 0 spiro atoms. The molecular weight excluding hydrogens is 264 g/mol. The fourth-order valence-corrected chi connectivity index (χ4v) is 2.79. The first kappa shape index (κ1) is 12.3. The molecule has 3 aromatic heterocycles. The first-order valence-corrected chi connectivity index (χ1v) is 7.20. The van der Waals surface area contributed by atoms with Gasteiger partial charge in [-0.1, -0.05) is 6.92 Å². The topological polar surface area (TPSA) is 59.2 Å². The predicted molar refractivity (Wildman–Crippen MR) is 79.4 cm³/mol. The quantitative estimate of drug-likeness (QED) is 0.730. The van der Waals surface area contributed by atoms with Crippen LogP contribution < -0.4 is 4.90 Å². The maximum atomic E-state index is 4.49. The molecule has 0 aliphatic carbocycles. The molecule has 6 heteroatoms. The van der Waals surface area contributed by atoms with Crippen molar-refractivity contribution < 1.29 is 0 Å². The number of aromatic nitrogens is 5. The summed E-state index contributed by atoms with van der Waals surface area (Å²) in [6, 6.07) is 6.32. The smallest absolute Gasteiger partial charge is 0.200 e. The van der Waals surface area contributed by atoms with Gasteiger partial charge in [-0.15, -0.1) is 10.2 Å². The van der Waals surface area contributed by atoms with Crippen LogP contribution in [0.2, 0.25) is 0 Å². The van der Waals surface area contributed by atoms with Crippen molar-refractivity contribution in [1.82, 2.24) is 24.8 Å². The Morgan fingerprint density at radius 1 is 1.24 bits per heavy atom. The van der Waals surface area contributed by atoms with Crippen LogP contribution in [0.15, 0.2) is 36.9 Å². The summed E-state index contributed by atoms with van der Waals surface area (Å²) in [6.45, 7) is 4.11. The van der Waals surface area contributed by atoms with Gasteiger partial charge in [0.05, 0.1) is 11.4 Å². The lowest BCUT2D eigenvalue weighted by molar-refractivity contribution is 0.524. The number of fused-ring (bicyclic) bond motifs is 1. The third-order valence-electron chi connectivity index (χ3n) is 4.06. The first-order chi connectivity index (χ1) is 10.3. The van der Waals surface area contributed by atoms with Crippen LogP contribution in [0.1, 0.15) is 24.1 Å². The van der Waals surface area contributed by atoms with Gasteiger partial charge in [0.15, 0.2) is 0 Å². The van der Waals surface area contributed by atoms with E-state index in [1.807, 2.05) is 12.4 Å². The molecule has 1 saturated heterocycles. The van der Waals surface area contributed by atoms with Gasteiger partial charge < -0.3 is 4.90 Å². The molecule has 0 bridgehead atoms. The van der Waals surface area contributed by atoms with Gasteiger partial charge in [-0.3, -0.25) is 4.98 Å². The van der Waals surface area contributed by atoms with Crippen LogP contribution >= 0.6 is 0 Å². The van der Waals surface area contributed by atoms with E-state index in [4.69, 9.17) is 0 Å². The fourth-order valence-electron chi connectivity index (χ4n) is 2.79. The number of rotatable bonds is 3. The molecule has 0 atom stereocenters. The van der Waals surface area contributed by atoms with Crippen LogP contribution in [0.3, 0.4) is 0 Å². The normalized spacial score (nSPS) is 15.4. The van der Waals surface area contributed by atoms with Gasteiger partial charge in [0, 0.05) is 31.4 Å². The molecule has 21 heavy (non-hydrogen) atoms. The number of nitrogens with zero attached hydrogens (tertiary/aromatic N) is 6. The Bertz CT molecular complexity index is 760. The van der Waals surface area contributed by atoms with E-state index in [1.54, 1.807) is 10.8 Å². The zero-order valence-corrected chi connectivity index (χ0v) is 11.8. The zero-order chi connectivity index (χ0) is 14.2. The Balaban J connectivity index is 1.62. The monoisotopic (exact) mass is 280 g/mol. The van der Waals surface area contributed by atoms with Gasteiger partial charge in [0.2, 0.25) is 5.65 Å². The van der Waals surface area contributed by atoms with Gasteiger partial charge in [-0.25, -0.2) is 0 Å². The third kappa shape index (κ3) is 2.03. The van der Waals surface area contributed by atoms with Crippen molar-refractivity contribution in [1.29, 1.82) is 0 Å². The van der Waals surface area contributed by atoms with Gasteiger partial charge in [0.1, 0.15) is 6.33 Å². The molecule has 0 unspecified atom stereocenters. The van der Waals surface area contributed by atoms with E-state index in [0.29, 0.717) is 5.92 Å². The van der Waals surface area contributed by atoms with Gasteiger partial charge in [-0.05, 0) is 30.2 Å². The van der Waals surface area contributed by atoms with E-state index < -0.39 is 0 Å². The SMILES string of the molecule is CCc1cc(N2CC(c3ccncc3)C2)c2nncn2n1. The van der Waals surface area contributed by atoms with E-state index in [9.17, 15) is 0 Å². The lowest BCUT2D eigenvalue weighted by Crippen LogP contribution is -2.45. The van der Waals surface area contributed by atoms with Gasteiger partial charge in [-0.2, -0.15) is 9.61 Å². The Morgan fingerprint density at radius 3 is 2.81 bits per heavy atom. The lowest BCUT2D eigenvalue weighted by Gasteiger charge is -2.41. The summed E-state index contributed by atoms with van der Waals surface area (Å²) in [4.78, 5) is 6.42. The minimum absolute atomic E-state index is 0.564. The fraction of sp³-hybridized carbons (Fsp3) is 0.333. The van der Waals surface area contributed by atoms with Crippen molar-refractivity contribution in [2.45, 2.75) is 19.3 Å². The molecule has 106 valence electrons. The summed E-state index contributed by atoms with van der Waals surface area (Å²) in [5, 5.41) is 12.7. The van der Waals surface area contributed by atoms with E-state index in [-0.39, 0.29) is 0 Å². The maximum absolute atomic E-state index is 4.49.